The fourth-order valence-corrected chi connectivity index (χ4v) is 9.66. The van der Waals surface area contributed by atoms with E-state index in [1.54, 1.807) is 104 Å². The number of alkyl carbamates (subject to hydrolysis) is 1. The van der Waals surface area contributed by atoms with Crippen molar-refractivity contribution in [2.45, 2.75) is 190 Å². The number of hydrogen-bond donors (Lipinski definition) is 4. The van der Waals surface area contributed by atoms with Crippen LogP contribution >= 0.6 is 15.9 Å². The van der Waals surface area contributed by atoms with E-state index < -0.39 is 76.0 Å². The predicted octanol–water partition coefficient (Wildman–Crippen LogP) is 6.04. The number of amides is 4. The summed E-state index contributed by atoms with van der Waals surface area (Å²) in [6, 6.07) is 0.0670. The lowest BCUT2D eigenvalue weighted by Gasteiger charge is -2.37. The number of halogens is 1. The Balaban J connectivity index is 1.84. The maximum atomic E-state index is 14.2. The number of rotatable bonds is 35. The maximum absolute atomic E-state index is 14.2. The molecule has 1 unspecified atom stereocenters. The number of carbonyl (C=O) groups excluding carboxylic acids is 8. The van der Waals surface area contributed by atoms with Crippen molar-refractivity contribution in [3.63, 3.8) is 0 Å². The summed E-state index contributed by atoms with van der Waals surface area (Å²) in [6.07, 6.45) is -0.665. The van der Waals surface area contributed by atoms with Crippen molar-refractivity contribution < 1.29 is 85.7 Å². The van der Waals surface area contributed by atoms with Crippen LogP contribution in [0.15, 0.2) is 10.5 Å². The molecule has 26 nitrogen and oxygen atoms in total. The van der Waals surface area contributed by atoms with Gasteiger partial charge in [-0.15, -0.1) is 0 Å². The molecule has 1 saturated heterocycles. The fourth-order valence-electron chi connectivity index (χ4n) is 9.35. The molecular weight excluding hydrogens is 1270 g/mol. The summed E-state index contributed by atoms with van der Waals surface area (Å²) in [5, 5.41) is 11.2. The van der Waals surface area contributed by atoms with Gasteiger partial charge < -0.3 is 68.6 Å². The SMILES string of the molecule is Cc1cc(C)c(NC(=O)CC[C@@H](NC(=O)OC(C)(C)C)C(=O)NCCOCCOCCOCCOCCOCCNC(=O)CCC(C(=O)OC(C)(C)C)N2CCN(CC(=O)OC(C)(C)C)CCN(CC(=O)OC(C)(C)C)CCN(CC(=O)OC(C)(C)C)CC2)c(C)c1Br. The van der Waals surface area contributed by atoms with Gasteiger partial charge in [-0.25, -0.2) is 4.79 Å². The monoisotopic (exact) mass is 1390 g/mol. The second kappa shape index (κ2) is 41.8. The van der Waals surface area contributed by atoms with Gasteiger partial charge in [-0.1, -0.05) is 22.0 Å². The molecule has 1 aromatic rings. The minimum Gasteiger partial charge on any atom is -0.459 e. The molecule has 0 spiro atoms. The lowest BCUT2D eigenvalue weighted by Crippen LogP contribution is -2.53. The molecule has 1 heterocycles. The first-order valence-corrected chi connectivity index (χ1v) is 33.3. The largest absolute Gasteiger partial charge is 0.459 e. The lowest BCUT2D eigenvalue weighted by atomic mass is 10.0. The van der Waals surface area contributed by atoms with Gasteiger partial charge in [0, 0.05) is 88.4 Å². The quantitative estimate of drug-likeness (QED) is 0.0342. The van der Waals surface area contributed by atoms with Gasteiger partial charge in [0.25, 0.3) is 0 Å². The van der Waals surface area contributed by atoms with Gasteiger partial charge in [-0.3, -0.25) is 53.2 Å². The van der Waals surface area contributed by atoms with E-state index in [0.717, 1.165) is 21.2 Å². The molecule has 0 aliphatic carbocycles. The molecule has 1 aliphatic rings. The second-order valence-electron chi connectivity index (χ2n) is 28.0. The number of anilines is 1. The van der Waals surface area contributed by atoms with E-state index >= 15 is 0 Å². The molecule has 2 rings (SSSR count). The Morgan fingerprint density at radius 1 is 0.462 bits per heavy atom. The van der Waals surface area contributed by atoms with Crippen molar-refractivity contribution in [1.82, 2.24) is 35.6 Å². The average molecular weight is 1390 g/mol. The Morgan fingerprint density at radius 2 is 0.828 bits per heavy atom. The summed E-state index contributed by atoms with van der Waals surface area (Å²) >= 11 is 3.57. The van der Waals surface area contributed by atoms with E-state index in [9.17, 15) is 38.4 Å². The summed E-state index contributed by atoms with van der Waals surface area (Å²) in [7, 11) is 0. The molecule has 4 N–H and O–H groups in total. The Bertz CT molecular complexity index is 2440. The molecule has 0 radical (unpaired) electrons. The van der Waals surface area contributed by atoms with E-state index in [2.05, 4.69) is 37.2 Å². The van der Waals surface area contributed by atoms with Crippen LogP contribution in [0.5, 0.6) is 0 Å². The number of nitrogens with zero attached hydrogens (tertiary/aromatic N) is 4. The minimum atomic E-state index is -1.03. The number of hydrogen-bond acceptors (Lipinski definition) is 22. The zero-order valence-electron chi connectivity index (χ0n) is 59.3. The van der Waals surface area contributed by atoms with Crippen LogP contribution in [0.4, 0.5) is 10.5 Å². The molecule has 2 atom stereocenters. The maximum Gasteiger partial charge on any atom is 0.408 e. The fraction of sp³-hybridized carbons (Fsp3) is 0.788. The molecule has 27 heteroatoms. The number of esters is 4. The highest BCUT2D eigenvalue weighted by Crippen LogP contribution is 2.31. The van der Waals surface area contributed by atoms with E-state index in [-0.39, 0.29) is 110 Å². The van der Waals surface area contributed by atoms with Crippen LogP contribution in [-0.2, 0) is 80.9 Å². The van der Waals surface area contributed by atoms with Gasteiger partial charge >= 0.3 is 30.0 Å². The van der Waals surface area contributed by atoms with Crippen molar-refractivity contribution >= 4 is 69.3 Å². The summed E-state index contributed by atoms with van der Waals surface area (Å²) in [4.78, 5) is 114. The van der Waals surface area contributed by atoms with Gasteiger partial charge in [0.2, 0.25) is 17.7 Å². The van der Waals surface area contributed by atoms with Crippen molar-refractivity contribution in [2.24, 2.45) is 0 Å². The molecule has 1 aliphatic heterocycles. The zero-order chi connectivity index (χ0) is 70.2. The Labute approximate surface area is 562 Å². The molecule has 4 amide bonds. The van der Waals surface area contributed by atoms with E-state index in [1.807, 2.05) is 46.4 Å². The number of ether oxygens (including phenoxy) is 10. The minimum absolute atomic E-state index is 0.00800. The van der Waals surface area contributed by atoms with Crippen LogP contribution in [-0.4, -0.2) is 259 Å². The van der Waals surface area contributed by atoms with Gasteiger partial charge in [0.05, 0.1) is 85.7 Å². The van der Waals surface area contributed by atoms with Crippen LogP contribution in [0.25, 0.3) is 0 Å². The van der Waals surface area contributed by atoms with Crippen LogP contribution in [0, 0.1) is 20.8 Å². The topological polar surface area (TPSA) is 290 Å². The van der Waals surface area contributed by atoms with Crippen molar-refractivity contribution in [3.8, 4) is 0 Å². The highest BCUT2D eigenvalue weighted by molar-refractivity contribution is 9.10. The van der Waals surface area contributed by atoms with Gasteiger partial charge in [0.15, 0.2) is 0 Å². The van der Waals surface area contributed by atoms with Gasteiger partial charge in [-0.05, 0) is 154 Å². The zero-order valence-corrected chi connectivity index (χ0v) is 60.9. The Morgan fingerprint density at radius 3 is 1.23 bits per heavy atom. The van der Waals surface area contributed by atoms with E-state index in [1.165, 1.54) is 0 Å². The summed E-state index contributed by atoms with van der Waals surface area (Å²) < 4.78 is 57.5. The predicted molar refractivity (Wildman–Crippen MR) is 357 cm³/mol. The molecule has 0 bridgehead atoms. The van der Waals surface area contributed by atoms with Crippen LogP contribution in [0.2, 0.25) is 0 Å². The highest BCUT2D eigenvalue weighted by Gasteiger charge is 2.34. The number of benzene rings is 1. The van der Waals surface area contributed by atoms with Crippen molar-refractivity contribution in [1.29, 1.82) is 0 Å². The molecular formula is C66H115BrN8O18. The van der Waals surface area contributed by atoms with Crippen LogP contribution < -0.4 is 21.3 Å². The third-order valence-corrected chi connectivity index (χ3v) is 14.6. The summed E-state index contributed by atoms with van der Waals surface area (Å²) in [6.45, 7) is 38.3. The molecule has 0 saturated carbocycles. The second-order valence-corrected chi connectivity index (χ2v) is 28.8. The first-order valence-electron chi connectivity index (χ1n) is 32.5. The number of nitrogens with one attached hydrogen (secondary N) is 4. The van der Waals surface area contributed by atoms with Crippen molar-refractivity contribution in [3.05, 3.63) is 27.2 Å². The standard InChI is InChI=1S/C66H115BrN8O18/c1-47-43-48(2)58(49(3)57(47)67)71-53(77)21-19-50(70-61(83)93-66(16,17)18)59(81)69-24-34-85-36-38-87-40-42-88-41-39-86-37-35-84-33-23-68-52(76)22-20-51(60(82)92-65(13,14)15)75-31-29-73(45-55(79)90-63(7,8)9)27-25-72(44-54(78)89-62(4,5)6)26-28-74(30-32-75)46-56(80)91-64(10,11)12/h43,50-51H,19-42,44-46H2,1-18H3,(H,68,76)(H,69,81)(H,70,83)(H,71,77)/t50-,51?/m1/s1. The number of carbonyl (C=O) groups is 8. The number of aryl methyl sites for hydroxylation is 2. The molecule has 1 fully saturated rings. The summed E-state index contributed by atoms with van der Waals surface area (Å²) in [5.74, 6) is -2.83. The van der Waals surface area contributed by atoms with E-state index in [4.69, 9.17) is 47.4 Å². The molecule has 1 aromatic carbocycles. The first kappa shape index (κ1) is 84.0. The third kappa shape index (κ3) is 40.8. The van der Waals surface area contributed by atoms with Crippen molar-refractivity contribution in [2.75, 3.05) is 156 Å². The average Bonchev–Trinajstić information content (AvgIpc) is 0.904. The smallest absolute Gasteiger partial charge is 0.408 e. The Hall–Kier alpha value is -5.10. The first-order chi connectivity index (χ1) is 43.2. The summed E-state index contributed by atoms with van der Waals surface area (Å²) in [5.41, 5.74) is -0.231. The van der Waals surface area contributed by atoms with Crippen LogP contribution in [0.1, 0.15) is 146 Å². The lowest BCUT2D eigenvalue weighted by molar-refractivity contribution is -0.163. The molecule has 0 aromatic heterocycles. The normalized spacial score (nSPS) is 15.4. The van der Waals surface area contributed by atoms with Crippen LogP contribution in [0.3, 0.4) is 0 Å². The molecule has 534 valence electrons. The van der Waals surface area contributed by atoms with Gasteiger partial charge in [0.1, 0.15) is 40.1 Å². The Kier molecular flexibility index (Phi) is 37.7. The molecule has 93 heavy (non-hydrogen) atoms. The third-order valence-electron chi connectivity index (χ3n) is 13.4. The van der Waals surface area contributed by atoms with Gasteiger partial charge in [-0.2, -0.15) is 0 Å². The highest BCUT2D eigenvalue weighted by atomic mass is 79.9. The van der Waals surface area contributed by atoms with E-state index in [0.29, 0.717) is 84.6 Å².